The van der Waals surface area contributed by atoms with E-state index in [1.54, 1.807) is 30.3 Å². The maximum atomic E-state index is 13.7. The molecule has 0 aliphatic carbocycles. The molecular formula is C19H19FN4O2. The zero-order valence-corrected chi connectivity index (χ0v) is 14.5. The monoisotopic (exact) mass is 354 g/mol. The van der Waals surface area contributed by atoms with Crippen LogP contribution < -0.4 is 10.6 Å². The molecule has 1 aromatic carbocycles. The summed E-state index contributed by atoms with van der Waals surface area (Å²) in [6.45, 7) is 3.40. The molecule has 26 heavy (non-hydrogen) atoms. The summed E-state index contributed by atoms with van der Waals surface area (Å²) >= 11 is 0. The standard InChI is InChI=1S/C19H19FN4O2/c1-3-5-16-18(24-11-13(20)8-9-17(24)23-16)19(26)22-15-7-4-6-14(10-15)21-12(2)25/h4,6-11H,3,5H2,1-2H3,(H,21,25)(H,22,26). The fraction of sp³-hybridized carbons (Fsp3) is 0.211. The summed E-state index contributed by atoms with van der Waals surface area (Å²) in [5, 5.41) is 5.46. The summed E-state index contributed by atoms with van der Waals surface area (Å²) in [4.78, 5) is 28.5. The van der Waals surface area contributed by atoms with Crippen molar-refractivity contribution in [2.75, 3.05) is 10.6 Å². The van der Waals surface area contributed by atoms with E-state index < -0.39 is 5.82 Å². The predicted octanol–water partition coefficient (Wildman–Crippen LogP) is 3.64. The van der Waals surface area contributed by atoms with Crippen molar-refractivity contribution in [3.8, 4) is 0 Å². The topological polar surface area (TPSA) is 75.5 Å². The van der Waals surface area contributed by atoms with Gasteiger partial charge in [0.15, 0.2) is 0 Å². The van der Waals surface area contributed by atoms with Crippen molar-refractivity contribution in [2.24, 2.45) is 0 Å². The molecule has 0 bridgehead atoms. The van der Waals surface area contributed by atoms with E-state index >= 15 is 0 Å². The Morgan fingerprint density at radius 3 is 2.58 bits per heavy atom. The van der Waals surface area contributed by atoms with Gasteiger partial charge in [-0.3, -0.25) is 14.0 Å². The van der Waals surface area contributed by atoms with Gasteiger partial charge in [-0.2, -0.15) is 0 Å². The summed E-state index contributed by atoms with van der Waals surface area (Å²) in [5.41, 5.74) is 2.55. The van der Waals surface area contributed by atoms with Gasteiger partial charge in [-0.15, -0.1) is 0 Å². The number of rotatable bonds is 5. The number of hydrogen-bond donors (Lipinski definition) is 2. The molecule has 3 rings (SSSR count). The van der Waals surface area contributed by atoms with Crippen LogP contribution >= 0.6 is 0 Å². The fourth-order valence-electron chi connectivity index (χ4n) is 2.79. The highest BCUT2D eigenvalue weighted by molar-refractivity contribution is 6.05. The lowest BCUT2D eigenvalue weighted by molar-refractivity contribution is -0.114. The lowest BCUT2D eigenvalue weighted by atomic mass is 10.2. The van der Waals surface area contributed by atoms with Gasteiger partial charge in [0.05, 0.1) is 5.69 Å². The highest BCUT2D eigenvalue weighted by atomic mass is 19.1. The number of amides is 2. The molecule has 7 heteroatoms. The molecule has 6 nitrogen and oxygen atoms in total. The molecule has 0 saturated carbocycles. The molecule has 0 radical (unpaired) electrons. The van der Waals surface area contributed by atoms with E-state index in [1.807, 2.05) is 6.92 Å². The third kappa shape index (κ3) is 3.72. The lowest BCUT2D eigenvalue weighted by Crippen LogP contribution is -2.17. The summed E-state index contributed by atoms with van der Waals surface area (Å²) in [7, 11) is 0. The zero-order chi connectivity index (χ0) is 18.7. The Balaban J connectivity index is 1.95. The summed E-state index contributed by atoms with van der Waals surface area (Å²) in [6.07, 6.45) is 2.67. The number of aryl methyl sites for hydroxylation is 1. The minimum absolute atomic E-state index is 0.198. The number of nitrogens with one attached hydrogen (secondary N) is 2. The molecule has 0 saturated heterocycles. The molecule has 0 fully saturated rings. The van der Waals surface area contributed by atoms with Crippen LogP contribution in [0, 0.1) is 5.82 Å². The number of anilines is 2. The van der Waals surface area contributed by atoms with Crippen molar-refractivity contribution < 1.29 is 14.0 Å². The highest BCUT2D eigenvalue weighted by Gasteiger charge is 2.19. The van der Waals surface area contributed by atoms with Crippen LogP contribution in [0.5, 0.6) is 0 Å². The highest BCUT2D eigenvalue weighted by Crippen LogP contribution is 2.20. The van der Waals surface area contributed by atoms with Gasteiger partial charge in [0, 0.05) is 24.5 Å². The van der Waals surface area contributed by atoms with Crippen molar-refractivity contribution in [3.05, 3.63) is 59.8 Å². The Morgan fingerprint density at radius 2 is 1.88 bits per heavy atom. The van der Waals surface area contributed by atoms with E-state index in [4.69, 9.17) is 0 Å². The van der Waals surface area contributed by atoms with Gasteiger partial charge in [0.2, 0.25) is 5.91 Å². The van der Waals surface area contributed by atoms with Crippen molar-refractivity contribution in [3.63, 3.8) is 0 Å². The van der Waals surface area contributed by atoms with Gasteiger partial charge in [-0.25, -0.2) is 9.37 Å². The first-order chi connectivity index (χ1) is 12.5. The second-order valence-corrected chi connectivity index (χ2v) is 5.95. The number of imidazole rings is 1. The lowest BCUT2D eigenvalue weighted by Gasteiger charge is -2.09. The van der Waals surface area contributed by atoms with Crippen LogP contribution in [0.4, 0.5) is 15.8 Å². The van der Waals surface area contributed by atoms with E-state index in [0.29, 0.717) is 34.8 Å². The maximum absolute atomic E-state index is 13.7. The minimum Gasteiger partial charge on any atom is -0.326 e. The third-order valence-corrected chi connectivity index (χ3v) is 3.80. The van der Waals surface area contributed by atoms with E-state index in [0.717, 1.165) is 6.42 Å². The third-order valence-electron chi connectivity index (χ3n) is 3.80. The van der Waals surface area contributed by atoms with Crippen molar-refractivity contribution in [1.29, 1.82) is 0 Å². The number of benzene rings is 1. The van der Waals surface area contributed by atoms with E-state index in [9.17, 15) is 14.0 Å². The van der Waals surface area contributed by atoms with Crippen molar-refractivity contribution in [2.45, 2.75) is 26.7 Å². The molecule has 2 N–H and O–H groups in total. The molecule has 0 aliphatic heterocycles. The first kappa shape index (κ1) is 17.6. The smallest absolute Gasteiger partial charge is 0.274 e. The molecule has 0 atom stereocenters. The fourth-order valence-corrected chi connectivity index (χ4v) is 2.79. The van der Waals surface area contributed by atoms with Crippen LogP contribution in [0.15, 0.2) is 42.6 Å². The van der Waals surface area contributed by atoms with Crippen molar-refractivity contribution >= 4 is 28.8 Å². The molecule has 134 valence electrons. The van der Waals surface area contributed by atoms with Crippen LogP contribution in [0.2, 0.25) is 0 Å². The Kier molecular flexibility index (Phi) is 4.97. The second kappa shape index (κ2) is 7.35. The quantitative estimate of drug-likeness (QED) is 0.734. The zero-order valence-electron chi connectivity index (χ0n) is 14.5. The van der Waals surface area contributed by atoms with Gasteiger partial charge in [-0.1, -0.05) is 19.4 Å². The Hall–Kier alpha value is -3.22. The normalized spacial score (nSPS) is 10.7. The van der Waals surface area contributed by atoms with Crippen LogP contribution in [0.3, 0.4) is 0 Å². The van der Waals surface area contributed by atoms with Crippen LogP contribution in [0.1, 0.15) is 36.5 Å². The van der Waals surface area contributed by atoms with Crippen LogP contribution in [-0.2, 0) is 11.2 Å². The van der Waals surface area contributed by atoms with Gasteiger partial charge in [-0.05, 0) is 36.8 Å². The average Bonchev–Trinajstić information content (AvgIpc) is 2.92. The minimum atomic E-state index is -0.445. The van der Waals surface area contributed by atoms with Crippen LogP contribution in [0.25, 0.3) is 5.65 Å². The van der Waals surface area contributed by atoms with Gasteiger partial charge in [0.25, 0.3) is 5.91 Å². The molecule has 0 aliphatic rings. The predicted molar refractivity (Wildman–Crippen MR) is 97.8 cm³/mol. The van der Waals surface area contributed by atoms with E-state index in [2.05, 4.69) is 15.6 Å². The first-order valence-electron chi connectivity index (χ1n) is 8.33. The Bertz CT molecular complexity index is 981. The van der Waals surface area contributed by atoms with Gasteiger partial charge >= 0.3 is 0 Å². The first-order valence-corrected chi connectivity index (χ1v) is 8.33. The number of fused-ring (bicyclic) bond motifs is 1. The molecule has 2 heterocycles. The number of halogens is 1. The Morgan fingerprint density at radius 1 is 1.15 bits per heavy atom. The average molecular weight is 354 g/mol. The summed E-state index contributed by atoms with van der Waals surface area (Å²) < 4.78 is 15.1. The number of pyridine rings is 1. The number of hydrogen-bond acceptors (Lipinski definition) is 3. The molecular weight excluding hydrogens is 335 g/mol. The number of carbonyl (C=O) groups excluding carboxylic acids is 2. The van der Waals surface area contributed by atoms with Gasteiger partial charge in [0.1, 0.15) is 17.2 Å². The van der Waals surface area contributed by atoms with Gasteiger partial charge < -0.3 is 10.6 Å². The SMILES string of the molecule is CCCc1nc2ccc(F)cn2c1C(=O)Nc1cccc(NC(C)=O)c1. The largest absolute Gasteiger partial charge is 0.326 e. The molecule has 0 spiro atoms. The molecule has 3 aromatic rings. The number of carbonyl (C=O) groups is 2. The summed E-state index contributed by atoms with van der Waals surface area (Å²) in [6, 6.07) is 9.68. The van der Waals surface area contributed by atoms with E-state index in [1.165, 1.54) is 23.6 Å². The van der Waals surface area contributed by atoms with Crippen LogP contribution in [-0.4, -0.2) is 21.2 Å². The van der Waals surface area contributed by atoms with Crippen molar-refractivity contribution in [1.82, 2.24) is 9.38 Å². The second-order valence-electron chi connectivity index (χ2n) is 5.95. The van der Waals surface area contributed by atoms with E-state index in [-0.39, 0.29) is 11.8 Å². The number of nitrogens with zero attached hydrogens (tertiary/aromatic N) is 2. The molecule has 2 aromatic heterocycles. The number of aromatic nitrogens is 2. The summed E-state index contributed by atoms with van der Waals surface area (Å²) in [5.74, 6) is -1.03. The molecule has 2 amide bonds. The Labute approximate surface area is 150 Å². The maximum Gasteiger partial charge on any atom is 0.274 e. The molecule has 0 unspecified atom stereocenters.